The SMILES string of the molecule is O=C(c1cn2nc(N3CCOCC3)ccc2n1)N1C[C@H]2C[C@@H](c3ccccc3CC(F)(F)F)C[C@H]2C1. The standard InChI is InChI=1S/C26H28F3N5O2/c27-26(28,29)13-17-3-1-2-4-21(17)18-11-19-14-33(15-20(19)12-18)25(35)22-16-34-23(30-22)5-6-24(31-34)32-7-9-36-10-8-32/h1-6,16,18-20H,7-15H2/t18-,19-,20+. The van der Waals surface area contributed by atoms with Gasteiger partial charge in [-0.15, -0.1) is 5.10 Å². The van der Waals surface area contributed by atoms with E-state index in [1.165, 1.54) is 0 Å². The average Bonchev–Trinajstić information content (AvgIpc) is 3.56. The Morgan fingerprint density at radius 1 is 1.03 bits per heavy atom. The summed E-state index contributed by atoms with van der Waals surface area (Å²) in [4.78, 5) is 21.8. The first kappa shape index (κ1) is 23.3. The number of hydrogen-bond donors (Lipinski definition) is 0. The Bertz CT molecular complexity index is 1260. The Morgan fingerprint density at radius 3 is 2.47 bits per heavy atom. The summed E-state index contributed by atoms with van der Waals surface area (Å²) in [6.45, 7) is 4.11. The van der Waals surface area contributed by atoms with Crippen molar-refractivity contribution in [3.05, 3.63) is 59.4 Å². The minimum absolute atomic E-state index is 0.105. The molecule has 3 fully saturated rings. The first-order valence-electron chi connectivity index (χ1n) is 12.5. The number of rotatable bonds is 4. The molecule has 2 saturated heterocycles. The van der Waals surface area contributed by atoms with Gasteiger partial charge in [0, 0.05) is 26.2 Å². The number of morpholine rings is 1. The highest BCUT2D eigenvalue weighted by atomic mass is 19.4. The molecule has 1 saturated carbocycles. The molecule has 3 aliphatic rings. The van der Waals surface area contributed by atoms with Crippen LogP contribution in [0.1, 0.15) is 40.4 Å². The van der Waals surface area contributed by atoms with Crippen LogP contribution in [0.15, 0.2) is 42.6 Å². The lowest BCUT2D eigenvalue weighted by molar-refractivity contribution is -0.127. The number of halogens is 3. The molecule has 6 rings (SSSR count). The fourth-order valence-electron chi connectivity index (χ4n) is 6.13. The number of ether oxygens (including phenoxy) is 1. The van der Waals surface area contributed by atoms with Gasteiger partial charge in [-0.2, -0.15) is 13.2 Å². The van der Waals surface area contributed by atoms with Gasteiger partial charge in [0.25, 0.3) is 5.91 Å². The van der Waals surface area contributed by atoms with Gasteiger partial charge in [0.1, 0.15) is 11.5 Å². The maximum Gasteiger partial charge on any atom is 0.393 e. The quantitative estimate of drug-likeness (QED) is 0.544. The van der Waals surface area contributed by atoms with E-state index in [-0.39, 0.29) is 11.8 Å². The van der Waals surface area contributed by atoms with E-state index in [4.69, 9.17) is 4.74 Å². The van der Waals surface area contributed by atoms with E-state index in [9.17, 15) is 18.0 Å². The fourth-order valence-corrected chi connectivity index (χ4v) is 6.13. The topological polar surface area (TPSA) is 63.0 Å². The molecule has 1 aliphatic carbocycles. The van der Waals surface area contributed by atoms with Gasteiger partial charge in [0.05, 0.1) is 25.8 Å². The molecule has 2 aliphatic heterocycles. The third-order valence-corrected chi connectivity index (χ3v) is 7.78. The molecule has 1 aromatic carbocycles. The van der Waals surface area contributed by atoms with Crippen molar-refractivity contribution in [1.29, 1.82) is 0 Å². The highest BCUT2D eigenvalue weighted by Gasteiger charge is 2.44. The van der Waals surface area contributed by atoms with E-state index in [2.05, 4.69) is 15.0 Å². The number of carbonyl (C=O) groups is 1. The van der Waals surface area contributed by atoms with Crippen molar-refractivity contribution in [2.45, 2.75) is 31.4 Å². The number of fused-ring (bicyclic) bond motifs is 2. The van der Waals surface area contributed by atoms with Crippen LogP contribution in [-0.4, -0.2) is 71.0 Å². The second-order valence-electron chi connectivity index (χ2n) is 10.1. The van der Waals surface area contributed by atoms with Crippen LogP contribution in [0.2, 0.25) is 0 Å². The number of nitrogens with zero attached hydrogens (tertiary/aromatic N) is 5. The molecule has 190 valence electrons. The molecular formula is C26H28F3N5O2. The lowest BCUT2D eigenvalue weighted by atomic mass is 9.90. The van der Waals surface area contributed by atoms with E-state index in [1.807, 2.05) is 29.2 Å². The highest BCUT2D eigenvalue weighted by Crippen LogP contribution is 2.47. The molecule has 1 amide bonds. The molecule has 0 unspecified atom stereocenters. The number of amides is 1. The summed E-state index contributed by atoms with van der Waals surface area (Å²) < 4.78 is 46.3. The molecular weight excluding hydrogens is 471 g/mol. The van der Waals surface area contributed by atoms with Crippen LogP contribution in [0.5, 0.6) is 0 Å². The molecule has 2 aromatic heterocycles. The Hall–Kier alpha value is -3.14. The van der Waals surface area contributed by atoms with Gasteiger partial charge in [-0.3, -0.25) is 4.79 Å². The maximum atomic E-state index is 13.3. The van der Waals surface area contributed by atoms with E-state index in [0.29, 0.717) is 55.0 Å². The normalized spacial score (nSPS) is 24.5. The largest absolute Gasteiger partial charge is 0.393 e. The summed E-state index contributed by atoms with van der Waals surface area (Å²) in [5.74, 6) is 1.40. The molecule has 0 N–H and O–H groups in total. The lowest BCUT2D eigenvalue weighted by Gasteiger charge is -2.27. The number of anilines is 1. The molecule has 0 spiro atoms. The van der Waals surface area contributed by atoms with Crippen molar-refractivity contribution in [2.24, 2.45) is 11.8 Å². The minimum atomic E-state index is -4.22. The molecule has 10 heteroatoms. The lowest BCUT2D eigenvalue weighted by Crippen LogP contribution is -2.36. The average molecular weight is 500 g/mol. The molecule has 3 atom stereocenters. The van der Waals surface area contributed by atoms with Gasteiger partial charge < -0.3 is 14.5 Å². The van der Waals surface area contributed by atoms with Crippen LogP contribution in [0, 0.1) is 11.8 Å². The highest BCUT2D eigenvalue weighted by molar-refractivity contribution is 5.93. The van der Waals surface area contributed by atoms with Crippen LogP contribution in [0.25, 0.3) is 5.65 Å². The van der Waals surface area contributed by atoms with E-state index in [1.54, 1.807) is 22.8 Å². The summed E-state index contributed by atoms with van der Waals surface area (Å²) in [6.07, 6.45) is -1.82. The van der Waals surface area contributed by atoms with Crippen LogP contribution >= 0.6 is 0 Å². The van der Waals surface area contributed by atoms with Crippen LogP contribution in [-0.2, 0) is 11.2 Å². The Balaban J connectivity index is 1.13. The number of likely N-dealkylation sites (tertiary alicyclic amines) is 1. The summed E-state index contributed by atoms with van der Waals surface area (Å²) in [6, 6.07) is 10.7. The van der Waals surface area contributed by atoms with Gasteiger partial charge >= 0.3 is 6.18 Å². The van der Waals surface area contributed by atoms with Crippen molar-refractivity contribution in [3.8, 4) is 0 Å². The zero-order chi connectivity index (χ0) is 24.9. The predicted molar refractivity (Wildman–Crippen MR) is 127 cm³/mol. The monoisotopic (exact) mass is 499 g/mol. The zero-order valence-corrected chi connectivity index (χ0v) is 19.8. The van der Waals surface area contributed by atoms with Gasteiger partial charge in [0.2, 0.25) is 0 Å². The number of hydrogen-bond acceptors (Lipinski definition) is 5. The summed E-state index contributed by atoms with van der Waals surface area (Å²) in [7, 11) is 0. The summed E-state index contributed by atoms with van der Waals surface area (Å²) in [5, 5.41) is 4.64. The third kappa shape index (κ3) is 4.54. The van der Waals surface area contributed by atoms with Gasteiger partial charge in [-0.05, 0) is 53.9 Å². The minimum Gasteiger partial charge on any atom is -0.378 e. The number of benzene rings is 1. The van der Waals surface area contributed by atoms with Gasteiger partial charge in [-0.25, -0.2) is 9.50 Å². The van der Waals surface area contributed by atoms with Gasteiger partial charge in [-0.1, -0.05) is 24.3 Å². The second-order valence-corrected chi connectivity index (χ2v) is 10.1. The Morgan fingerprint density at radius 2 is 1.75 bits per heavy atom. The zero-order valence-electron chi connectivity index (χ0n) is 19.8. The van der Waals surface area contributed by atoms with Crippen LogP contribution in [0.3, 0.4) is 0 Å². The van der Waals surface area contributed by atoms with Crippen LogP contribution in [0.4, 0.5) is 19.0 Å². The summed E-state index contributed by atoms with van der Waals surface area (Å²) >= 11 is 0. The van der Waals surface area contributed by atoms with Crippen molar-refractivity contribution in [3.63, 3.8) is 0 Å². The van der Waals surface area contributed by atoms with Crippen molar-refractivity contribution < 1.29 is 22.7 Å². The summed E-state index contributed by atoms with van der Waals surface area (Å²) in [5.41, 5.74) is 2.17. The molecule has 4 heterocycles. The fraction of sp³-hybridized carbons (Fsp3) is 0.500. The van der Waals surface area contributed by atoms with E-state index < -0.39 is 12.6 Å². The number of alkyl halides is 3. The molecule has 0 bridgehead atoms. The van der Waals surface area contributed by atoms with Crippen molar-refractivity contribution in [1.82, 2.24) is 19.5 Å². The number of aromatic nitrogens is 3. The molecule has 3 aromatic rings. The van der Waals surface area contributed by atoms with E-state index >= 15 is 0 Å². The van der Waals surface area contributed by atoms with Crippen molar-refractivity contribution >= 4 is 17.4 Å². The molecule has 0 radical (unpaired) electrons. The molecule has 7 nitrogen and oxygen atoms in total. The Labute approximate surface area is 206 Å². The number of imidazole rings is 1. The molecule has 36 heavy (non-hydrogen) atoms. The van der Waals surface area contributed by atoms with Gasteiger partial charge in [0.15, 0.2) is 5.65 Å². The predicted octanol–water partition coefficient (Wildman–Crippen LogP) is 3.94. The maximum absolute atomic E-state index is 13.3. The smallest absolute Gasteiger partial charge is 0.378 e. The first-order chi connectivity index (χ1) is 17.3. The van der Waals surface area contributed by atoms with E-state index in [0.717, 1.165) is 37.3 Å². The first-order valence-corrected chi connectivity index (χ1v) is 12.5. The van der Waals surface area contributed by atoms with Crippen molar-refractivity contribution in [2.75, 3.05) is 44.3 Å². The van der Waals surface area contributed by atoms with Crippen LogP contribution < -0.4 is 4.90 Å². The third-order valence-electron chi connectivity index (χ3n) is 7.78. The Kier molecular flexibility index (Phi) is 5.86. The number of carbonyl (C=O) groups excluding carboxylic acids is 1. The second kappa shape index (κ2) is 9.06.